The van der Waals surface area contributed by atoms with Gasteiger partial charge in [-0.1, -0.05) is 23.1 Å². The fourth-order valence-corrected chi connectivity index (χ4v) is 3.63. The van der Waals surface area contributed by atoms with Crippen LogP contribution < -0.4 is 5.32 Å². The fraction of sp³-hybridized carbons (Fsp3) is 0.308. The van der Waals surface area contributed by atoms with Gasteiger partial charge < -0.3 is 5.32 Å². The predicted octanol–water partition coefficient (Wildman–Crippen LogP) is 1.80. The topological polar surface area (TPSA) is 85.1 Å². The number of hydrogen-bond donors (Lipinski definition) is 1. The number of thioether (sulfide) groups is 1. The average molecular weight is 334 g/mol. The van der Waals surface area contributed by atoms with Crippen LogP contribution in [0.2, 0.25) is 0 Å². The van der Waals surface area contributed by atoms with Crippen LogP contribution in [0.1, 0.15) is 21.9 Å². The molecule has 0 spiro atoms. The maximum Gasteiger partial charge on any atom is 0.271 e. The number of carbonyl (C=O) groups is 1. The Hall–Kier alpha value is -2.00. The Morgan fingerprint density at radius 2 is 2.36 bits per heavy atom. The molecule has 7 nitrogen and oxygen atoms in total. The van der Waals surface area contributed by atoms with Crippen LogP contribution in [-0.2, 0) is 0 Å². The van der Waals surface area contributed by atoms with Gasteiger partial charge in [-0.2, -0.15) is 5.10 Å². The highest BCUT2D eigenvalue weighted by atomic mass is 32.2. The van der Waals surface area contributed by atoms with Crippen molar-refractivity contribution in [1.82, 2.24) is 30.1 Å². The summed E-state index contributed by atoms with van der Waals surface area (Å²) in [6.07, 6.45) is 4.30. The predicted molar refractivity (Wildman–Crippen MR) is 85.3 cm³/mol. The lowest BCUT2D eigenvalue weighted by molar-refractivity contribution is 0.0948. The molecule has 1 N–H and O–H groups in total. The Morgan fingerprint density at radius 1 is 1.45 bits per heavy atom. The van der Waals surface area contributed by atoms with E-state index < -0.39 is 0 Å². The van der Waals surface area contributed by atoms with Gasteiger partial charge in [-0.05, 0) is 19.4 Å². The third-order valence-electron chi connectivity index (χ3n) is 2.81. The standard InChI is InChI=1S/C13H14N6OS2/c1-9-16-17-13(22-9)21-7-3-5-15-12(20)10-8-11-14-4-2-6-19(11)18-10/h2,4,6,8H,3,5,7H2,1H3,(H,15,20). The number of fused-ring (bicyclic) bond motifs is 1. The molecule has 0 unspecified atom stereocenters. The van der Waals surface area contributed by atoms with E-state index in [0.29, 0.717) is 17.9 Å². The van der Waals surface area contributed by atoms with Crippen molar-refractivity contribution in [2.75, 3.05) is 12.3 Å². The molecule has 3 aromatic rings. The largest absolute Gasteiger partial charge is 0.351 e. The zero-order valence-corrected chi connectivity index (χ0v) is 13.5. The number of rotatable bonds is 6. The van der Waals surface area contributed by atoms with Crippen LogP contribution in [0.15, 0.2) is 28.9 Å². The number of nitrogens with zero attached hydrogens (tertiary/aromatic N) is 5. The molecule has 0 fully saturated rings. The van der Waals surface area contributed by atoms with Crippen molar-refractivity contribution in [3.05, 3.63) is 35.2 Å². The molecule has 0 atom stereocenters. The lowest BCUT2D eigenvalue weighted by atomic mass is 10.4. The van der Waals surface area contributed by atoms with E-state index in [2.05, 4.69) is 25.6 Å². The monoisotopic (exact) mass is 334 g/mol. The van der Waals surface area contributed by atoms with Gasteiger partial charge in [0.2, 0.25) is 0 Å². The van der Waals surface area contributed by atoms with Crippen LogP contribution in [-0.4, -0.2) is 43.0 Å². The Labute approximate surface area is 135 Å². The minimum atomic E-state index is -0.178. The molecule has 0 saturated heterocycles. The average Bonchev–Trinajstić information content (AvgIpc) is 3.12. The normalized spacial score (nSPS) is 11.0. The molecule has 0 aromatic carbocycles. The van der Waals surface area contributed by atoms with Gasteiger partial charge in [-0.25, -0.2) is 9.50 Å². The van der Waals surface area contributed by atoms with Gasteiger partial charge in [0.25, 0.3) is 5.91 Å². The van der Waals surface area contributed by atoms with E-state index in [9.17, 15) is 4.79 Å². The van der Waals surface area contributed by atoms with Gasteiger partial charge in [0.1, 0.15) is 5.01 Å². The van der Waals surface area contributed by atoms with Crippen molar-refractivity contribution in [2.45, 2.75) is 17.7 Å². The Morgan fingerprint density at radius 3 is 3.14 bits per heavy atom. The summed E-state index contributed by atoms with van der Waals surface area (Å²) in [7, 11) is 0. The van der Waals surface area contributed by atoms with Gasteiger partial charge in [-0.3, -0.25) is 4.79 Å². The summed E-state index contributed by atoms with van der Waals surface area (Å²) in [6, 6.07) is 3.45. The first-order chi connectivity index (χ1) is 10.7. The number of hydrogen-bond acceptors (Lipinski definition) is 7. The van der Waals surface area contributed by atoms with E-state index in [1.165, 1.54) is 0 Å². The van der Waals surface area contributed by atoms with Gasteiger partial charge in [0, 0.05) is 30.8 Å². The van der Waals surface area contributed by atoms with Crippen molar-refractivity contribution in [3.63, 3.8) is 0 Å². The molecule has 0 bridgehead atoms. The SMILES string of the molecule is Cc1nnc(SCCCNC(=O)c2cc3ncccn3n2)s1. The number of aromatic nitrogens is 5. The quantitative estimate of drug-likeness (QED) is 0.546. The molecule has 0 aliphatic carbocycles. The summed E-state index contributed by atoms with van der Waals surface area (Å²) in [5.41, 5.74) is 1.04. The van der Waals surface area contributed by atoms with Gasteiger partial charge >= 0.3 is 0 Å². The first-order valence-corrected chi connectivity index (χ1v) is 8.54. The molecule has 114 valence electrons. The van der Waals surface area contributed by atoms with Gasteiger partial charge in [-0.15, -0.1) is 10.2 Å². The second kappa shape index (κ2) is 6.84. The molecule has 0 radical (unpaired) electrons. The van der Waals surface area contributed by atoms with Crippen LogP contribution in [0.5, 0.6) is 0 Å². The maximum atomic E-state index is 12.0. The summed E-state index contributed by atoms with van der Waals surface area (Å²) in [5.74, 6) is 0.712. The molecule has 22 heavy (non-hydrogen) atoms. The Balaban J connectivity index is 1.44. The minimum Gasteiger partial charge on any atom is -0.351 e. The molecule has 0 aliphatic heterocycles. The molecule has 3 heterocycles. The van der Waals surface area contributed by atoms with E-state index >= 15 is 0 Å². The molecule has 0 aliphatic rings. The summed E-state index contributed by atoms with van der Waals surface area (Å²) >= 11 is 3.24. The maximum absolute atomic E-state index is 12.0. The van der Waals surface area contributed by atoms with Crippen molar-refractivity contribution < 1.29 is 4.79 Å². The summed E-state index contributed by atoms with van der Waals surface area (Å²) in [4.78, 5) is 16.1. The zero-order chi connectivity index (χ0) is 15.4. The summed E-state index contributed by atoms with van der Waals surface area (Å²) in [5, 5.41) is 16.0. The van der Waals surface area contributed by atoms with E-state index in [1.807, 2.05) is 6.92 Å². The number of aryl methyl sites for hydroxylation is 1. The van der Waals surface area contributed by atoms with E-state index in [1.54, 1.807) is 52.1 Å². The van der Waals surface area contributed by atoms with Crippen LogP contribution in [0, 0.1) is 6.92 Å². The van der Waals surface area contributed by atoms with Crippen LogP contribution in [0.4, 0.5) is 0 Å². The molecule has 0 saturated carbocycles. The van der Waals surface area contributed by atoms with Gasteiger partial charge in [0.15, 0.2) is 15.7 Å². The smallest absolute Gasteiger partial charge is 0.271 e. The molecule has 9 heteroatoms. The lowest BCUT2D eigenvalue weighted by Crippen LogP contribution is -2.25. The Bertz CT molecular complexity index is 751. The van der Waals surface area contributed by atoms with E-state index in [-0.39, 0.29) is 5.91 Å². The second-order valence-electron chi connectivity index (χ2n) is 4.50. The highest BCUT2D eigenvalue weighted by molar-refractivity contribution is 8.01. The number of carbonyl (C=O) groups excluding carboxylic acids is 1. The fourth-order valence-electron chi connectivity index (χ4n) is 1.80. The van der Waals surface area contributed by atoms with Crippen molar-refractivity contribution in [1.29, 1.82) is 0 Å². The highest BCUT2D eigenvalue weighted by Crippen LogP contribution is 2.21. The second-order valence-corrected chi connectivity index (χ2v) is 7.02. The summed E-state index contributed by atoms with van der Waals surface area (Å²) in [6.45, 7) is 2.54. The van der Waals surface area contributed by atoms with Crippen molar-refractivity contribution >= 4 is 34.7 Å². The molecule has 1 amide bonds. The van der Waals surface area contributed by atoms with Gasteiger partial charge in [0.05, 0.1) is 0 Å². The molecular formula is C13H14N6OS2. The van der Waals surface area contributed by atoms with Crippen LogP contribution >= 0.6 is 23.1 Å². The number of amides is 1. The van der Waals surface area contributed by atoms with Crippen molar-refractivity contribution in [2.24, 2.45) is 0 Å². The molecule has 3 aromatic heterocycles. The first kappa shape index (κ1) is 14.9. The molecular weight excluding hydrogens is 320 g/mol. The number of nitrogens with one attached hydrogen (secondary N) is 1. The highest BCUT2D eigenvalue weighted by Gasteiger charge is 2.10. The Kier molecular flexibility index (Phi) is 4.64. The minimum absolute atomic E-state index is 0.178. The molecule has 3 rings (SSSR count). The van der Waals surface area contributed by atoms with Crippen LogP contribution in [0.25, 0.3) is 5.65 Å². The lowest BCUT2D eigenvalue weighted by Gasteiger charge is -2.01. The van der Waals surface area contributed by atoms with Crippen molar-refractivity contribution in [3.8, 4) is 0 Å². The summed E-state index contributed by atoms with van der Waals surface area (Å²) < 4.78 is 2.55. The third kappa shape index (κ3) is 3.60. The van der Waals surface area contributed by atoms with E-state index in [4.69, 9.17) is 0 Å². The zero-order valence-electron chi connectivity index (χ0n) is 11.9. The van der Waals surface area contributed by atoms with Crippen LogP contribution in [0.3, 0.4) is 0 Å². The first-order valence-electron chi connectivity index (χ1n) is 6.74. The third-order valence-corrected chi connectivity index (χ3v) is 4.87. The van der Waals surface area contributed by atoms with E-state index in [0.717, 1.165) is 21.5 Å².